The van der Waals surface area contributed by atoms with Crippen molar-refractivity contribution in [3.63, 3.8) is 0 Å². The molecule has 1 aliphatic rings. The highest BCUT2D eigenvalue weighted by atomic mass is 16.3. The molecule has 1 aliphatic carbocycles. The molecule has 0 aliphatic heterocycles. The highest BCUT2D eigenvalue weighted by Gasteiger charge is 2.39. The summed E-state index contributed by atoms with van der Waals surface area (Å²) in [6.07, 6.45) is 2.17. The summed E-state index contributed by atoms with van der Waals surface area (Å²) in [6, 6.07) is 0.239. The van der Waals surface area contributed by atoms with Crippen LogP contribution in [0.25, 0.3) is 0 Å². The van der Waals surface area contributed by atoms with Gasteiger partial charge in [-0.15, -0.1) is 0 Å². The van der Waals surface area contributed by atoms with Crippen LogP contribution in [0, 0.1) is 5.41 Å². The zero-order valence-corrected chi connectivity index (χ0v) is 8.26. The fourth-order valence-electron chi connectivity index (χ4n) is 1.47. The van der Waals surface area contributed by atoms with E-state index in [4.69, 9.17) is 5.11 Å². The molecule has 0 bridgehead atoms. The van der Waals surface area contributed by atoms with Gasteiger partial charge in [0, 0.05) is 11.6 Å². The topological polar surface area (TPSA) is 49.3 Å². The number of aliphatic hydroxyl groups is 1. The Kier molecular flexibility index (Phi) is 2.76. The minimum Gasteiger partial charge on any atom is -0.391 e. The summed E-state index contributed by atoms with van der Waals surface area (Å²) in [4.78, 5) is 11.3. The first kappa shape index (κ1) is 10.3. The van der Waals surface area contributed by atoms with E-state index in [9.17, 15) is 4.79 Å². The van der Waals surface area contributed by atoms with Gasteiger partial charge in [0.2, 0.25) is 5.91 Å². The second-order valence-electron chi connectivity index (χ2n) is 4.31. The Bertz CT molecular complexity index is 233. The molecule has 74 valence electrons. The second kappa shape index (κ2) is 3.50. The van der Waals surface area contributed by atoms with Gasteiger partial charge in [-0.3, -0.25) is 4.79 Å². The first-order valence-electron chi connectivity index (χ1n) is 4.57. The van der Waals surface area contributed by atoms with Crippen molar-refractivity contribution >= 4 is 5.91 Å². The summed E-state index contributed by atoms with van der Waals surface area (Å²) in [5.74, 6) is -0.222. The van der Waals surface area contributed by atoms with Crippen molar-refractivity contribution in [2.75, 3.05) is 6.61 Å². The Morgan fingerprint density at radius 3 is 2.62 bits per heavy atom. The van der Waals surface area contributed by atoms with E-state index in [0.717, 1.165) is 12.8 Å². The second-order valence-corrected chi connectivity index (χ2v) is 4.31. The van der Waals surface area contributed by atoms with Crippen LogP contribution >= 0.6 is 0 Å². The first-order valence-corrected chi connectivity index (χ1v) is 4.57. The van der Waals surface area contributed by atoms with Gasteiger partial charge in [-0.1, -0.05) is 20.4 Å². The molecule has 1 amide bonds. The predicted molar refractivity (Wildman–Crippen MR) is 51.2 cm³/mol. The number of nitrogens with one attached hydrogen (secondary N) is 1. The van der Waals surface area contributed by atoms with Crippen molar-refractivity contribution in [2.45, 2.75) is 32.7 Å². The summed E-state index contributed by atoms with van der Waals surface area (Å²) >= 11 is 0. The summed E-state index contributed by atoms with van der Waals surface area (Å²) in [7, 11) is 0. The maximum atomic E-state index is 11.3. The highest BCUT2D eigenvalue weighted by Crippen LogP contribution is 2.39. The highest BCUT2D eigenvalue weighted by molar-refractivity contribution is 5.93. The lowest BCUT2D eigenvalue weighted by Gasteiger charge is -2.44. The number of amides is 1. The van der Waals surface area contributed by atoms with Crippen LogP contribution in [0.3, 0.4) is 0 Å². The molecule has 1 fully saturated rings. The average Bonchev–Trinajstić information content (AvgIpc) is 2.10. The Morgan fingerprint density at radius 1 is 1.69 bits per heavy atom. The third-order valence-corrected chi connectivity index (χ3v) is 2.84. The summed E-state index contributed by atoms with van der Waals surface area (Å²) < 4.78 is 0. The van der Waals surface area contributed by atoms with E-state index in [2.05, 4.69) is 25.7 Å². The quantitative estimate of drug-likeness (QED) is 0.637. The van der Waals surface area contributed by atoms with Gasteiger partial charge < -0.3 is 10.4 Å². The third-order valence-electron chi connectivity index (χ3n) is 2.84. The van der Waals surface area contributed by atoms with E-state index in [1.807, 2.05) is 0 Å². The normalized spacial score (nSPS) is 24.7. The molecule has 0 radical (unpaired) electrons. The van der Waals surface area contributed by atoms with Crippen LogP contribution in [0.2, 0.25) is 0 Å². The van der Waals surface area contributed by atoms with Crippen molar-refractivity contribution in [1.82, 2.24) is 5.32 Å². The molecular formula is C10H17NO2. The van der Waals surface area contributed by atoms with Gasteiger partial charge in [-0.05, 0) is 18.3 Å². The molecule has 1 unspecified atom stereocenters. The molecule has 0 aromatic heterocycles. The van der Waals surface area contributed by atoms with E-state index in [1.54, 1.807) is 0 Å². The van der Waals surface area contributed by atoms with Crippen LogP contribution in [0.15, 0.2) is 12.2 Å². The van der Waals surface area contributed by atoms with Gasteiger partial charge in [0.1, 0.15) is 0 Å². The lowest BCUT2D eigenvalue weighted by atomic mass is 9.67. The predicted octanol–water partition coefficient (Wildman–Crippen LogP) is 0.840. The van der Waals surface area contributed by atoms with E-state index >= 15 is 0 Å². The third kappa shape index (κ3) is 2.10. The molecule has 0 spiro atoms. The molecular weight excluding hydrogens is 166 g/mol. The molecule has 0 aromatic carbocycles. The largest absolute Gasteiger partial charge is 0.391 e. The first-order chi connectivity index (χ1) is 5.97. The zero-order chi connectivity index (χ0) is 10.1. The summed E-state index contributed by atoms with van der Waals surface area (Å²) in [6.45, 7) is 7.46. The standard InChI is InChI=1S/C10H17NO2/c1-7(6-12)9(13)11-8-4-5-10(8,2)3/h8,12H,1,4-6H2,2-3H3,(H,11,13). The number of hydrogen-bond acceptors (Lipinski definition) is 2. The van der Waals surface area contributed by atoms with Crippen LogP contribution in [0.5, 0.6) is 0 Å². The van der Waals surface area contributed by atoms with Gasteiger partial charge in [-0.2, -0.15) is 0 Å². The van der Waals surface area contributed by atoms with Crippen molar-refractivity contribution < 1.29 is 9.90 Å². The SMILES string of the molecule is C=C(CO)C(=O)NC1CCC1(C)C. The van der Waals surface area contributed by atoms with E-state index in [0.29, 0.717) is 0 Å². The lowest BCUT2D eigenvalue weighted by Crippen LogP contribution is -2.52. The van der Waals surface area contributed by atoms with Crippen LogP contribution in [-0.4, -0.2) is 23.7 Å². The average molecular weight is 183 g/mol. The Balaban J connectivity index is 2.42. The van der Waals surface area contributed by atoms with Gasteiger partial charge >= 0.3 is 0 Å². The van der Waals surface area contributed by atoms with Crippen LogP contribution in [0.4, 0.5) is 0 Å². The molecule has 1 atom stereocenters. The van der Waals surface area contributed by atoms with E-state index in [1.165, 1.54) is 0 Å². The van der Waals surface area contributed by atoms with E-state index < -0.39 is 0 Å². The summed E-state index contributed by atoms with van der Waals surface area (Å²) in [5.41, 5.74) is 0.438. The van der Waals surface area contributed by atoms with Crippen LogP contribution < -0.4 is 5.32 Å². The molecule has 1 saturated carbocycles. The van der Waals surface area contributed by atoms with Crippen molar-refractivity contribution in [2.24, 2.45) is 5.41 Å². The fourth-order valence-corrected chi connectivity index (χ4v) is 1.47. The lowest BCUT2D eigenvalue weighted by molar-refractivity contribution is -0.120. The number of carbonyl (C=O) groups excluding carboxylic acids is 1. The molecule has 1 rings (SSSR count). The van der Waals surface area contributed by atoms with Crippen LogP contribution in [-0.2, 0) is 4.79 Å². The number of carbonyl (C=O) groups is 1. The smallest absolute Gasteiger partial charge is 0.249 e. The maximum Gasteiger partial charge on any atom is 0.249 e. The molecule has 0 aromatic rings. The number of rotatable bonds is 3. The molecule has 3 heteroatoms. The molecule has 3 nitrogen and oxygen atoms in total. The Labute approximate surface area is 78.8 Å². The monoisotopic (exact) mass is 183 g/mol. The van der Waals surface area contributed by atoms with Crippen molar-refractivity contribution in [1.29, 1.82) is 0 Å². The fraction of sp³-hybridized carbons (Fsp3) is 0.700. The molecule has 13 heavy (non-hydrogen) atoms. The molecule has 0 saturated heterocycles. The van der Waals surface area contributed by atoms with E-state index in [-0.39, 0.29) is 29.5 Å². The van der Waals surface area contributed by atoms with Crippen LogP contribution in [0.1, 0.15) is 26.7 Å². The number of hydrogen-bond donors (Lipinski definition) is 2. The maximum absolute atomic E-state index is 11.3. The zero-order valence-electron chi connectivity index (χ0n) is 8.26. The molecule has 0 heterocycles. The Hall–Kier alpha value is -0.830. The van der Waals surface area contributed by atoms with Gasteiger partial charge in [-0.25, -0.2) is 0 Å². The minimum atomic E-state index is -0.265. The van der Waals surface area contributed by atoms with Gasteiger partial charge in [0.05, 0.1) is 6.61 Å². The van der Waals surface area contributed by atoms with Gasteiger partial charge in [0.15, 0.2) is 0 Å². The summed E-state index contributed by atoms with van der Waals surface area (Å²) in [5, 5.41) is 11.5. The Morgan fingerprint density at radius 2 is 2.31 bits per heavy atom. The van der Waals surface area contributed by atoms with Crippen molar-refractivity contribution in [3.05, 3.63) is 12.2 Å². The minimum absolute atomic E-state index is 0.200. The van der Waals surface area contributed by atoms with Crippen molar-refractivity contribution in [3.8, 4) is 0 Å². The number of aliphatic hydroxyl groups excluding tert-OH is 1. The molecule has 2 N–H and O–H groups in total. The van der Waals surface area contributed by atoms with Gasteiger partial charge in [0.25, 0.3) is 0 Å².